The predicted molar refractivity (Wildman–Crippen MR) is 49.0 cm³/mol. The fourth-order valence-electron chi connectivity index (χ4n) is 1.52. The average Bonchev–Trinajstić information content (AvgIpc) is 2.35. The third-order valence-electron chi connectivity index (χ3n) is 2.38. The molecule has 2 aromatic carbocycles. The van der Waals surface area contributed by atoms with Crippen molar-refractivity contribution < 1.29 is 30.7 Å². The molecule has 0 saturated carbocycles. The van der Waals surface area contributed by atoms with Crippen molar-refractivity contribution in [3.63, 3.8) is 0 Å². The van der Waals surface area contributed by atoms with E-state index in [1.165, 1.54) is 0 Å². The largest absolute Gasteiger partial charge is 0.204 e. The van der Waals surface area contributed by atoms with Crippen LogP contribution >= 0.6 is 0 Å². The number of benzene rings is 2. The highest BCUT2D eigenvalue weighted by Gasteiger charge is 2.28. The van der Waals surface area contributed by atoms with Gasteiger partial charge in [0.1, 0.15) is 7.85 Å². The smallest absolute Gasteiger partial charge is 0.198 e. The quantitative estimate of drug-likeness (QED) is 0.297. The third-order valence-corrected chi connectivity index (χ3v) is 2.38. The first-order valence-corrected chi connectivity index (χ1v) is 4.36. The summed E-state index contributed by atoms with van der Waals surface area (Å²) in [6.07, 6.45) is 0. The van der Waals surface area contributed by atoms with E-state index >= 15 is 0 Å². The van der Waals surface area contributed by atoms with Crippen LogP contribution in [0.25, 0.3) is 10.8 Å². The molecule has 0 fully saturated rings. The molecule has 0 saturated heterocycles. The zero-order valence-corrected chi connectivity index (χ0v) is 8.22. The normalized spacial score (nSPS) is 11.3. The molecule has 0 aliphatic carbocycles. The summed E-state index contributed by atoms with van der Waals surface area (Å²) in [6, 6.07) is 0. The molecule has 0 atom stereocenters. The SMILES string of the molecule is [B]c1c(F)c(F)c(F)c2c(F)c(F)c(F)c(F)c12. The van der Waals surface area contributed by atoms with Gasteiger partial charge in [0.15, 0.2) is 40.7 Å². The van der Waals surface area contributed by atoms with Gasteiger partial charge in [-0.3, -0.25) is 0 Å². The summed E-state index contributed by atoms with van der Waals surface area (Å²) < 4.78 is 91.4. The predicted octanol–water partition coefficient (Wildman–Crippen LogP) is 2.61. The Hall–Kier alpha value is -1.73. The molecule has 8 heteroatoms. The zero-order chi connectivity index (χ0) is 13.8. The van der Waals surface area contributed by atoms with Crippen LogP contribution in [0.1, 0.15) is 0 Å². The Morgan fingerprint density at radius 2 is 0.778 bits per heavy atom. The van der Waals surface area contributed by atoms with Gasteiger partial charge in [0.05, 0.1) is 5.39 Å². The first-order valence-electron chi connectivity index (χ1n) is 4.36. The molecule has 0 aliphatic heterocycles. The molecule has 0 N–H and O–H groups in total. The van der Waals surface area contributed by atoms with Crippen molar-refractivity contribution >= 4 is 24.1 Å². The molecule has 0 bridgehead atoms. The molecule has 2 rings (SSSR count). The Morgan fingerprint density at radius 1 is 0.444 bits per heavy atom. The molecular formula is C10BF7. The third kappa shape index (κ3) is 1.41. The van der Waals surface area contributed by atoms with Crippen molar-refractivity contribution in [3.8, 4) is 0 Å². The second kappa shape index (κ2) is 3.89. The number of rotatable bonds is 0. The lowest BCUT2D eigenvalue weighted by molar-refractivity contribution is 0.411. The van der Waals surface area contributed by atoms with Gasteiger partial charge in [-0.15, -0.1) is 0 Å². The molecule has 0 unspecified atom stereocenters. The van der Waals surface area contributed by atoms with Crippen LogP contribution < -0.4 is 5.46 Å². The summed E-state index contributed by atoms with van der Waals surface area (Å²) in [6.45, 7) is 0. The van der Waals surface area contributed by atoms with Crippen molar-refractivity contribution in [1.29, 1.82) is 0 Å². The summed E-state index contributed by atoms with van der Waals surface area (Å²) in [7, 11) is 4.90. The van der Waals surface area contributed by atoms with Crippen LogP contribution in [-0.4, -0.2) is 7.85 Å². The highest BCUT2D eigenvalue weighted by molar-refractivity contribution is 6.39. The minimum atomic E-state index is -2.34. The minimum Gasteiger partial charge on any atom is -0.204 e. The fraction of sp³-hybridized carbons (Fsp3) is 0. The van der Waals surface area contributed by atoms with Gasteiger partial charge in [0.2, 0.25) is 0 Å². The first kappa shape index (κ1) is 12.7. The maximum absolute atomic E-state index is 13.3. The number of fused-ring (bicyclic) bond motifs is 1. The summed E-state index contributed by atoms with van der Waals surface area (Å²) in [5.74, 6) is -15.3. The molecule has 0 heterocycles. The van der Waals surface area contributed by atoms with Crippen molar-refractivity contribution in [2.45, 2.75) is 0 Å². The van der Waals surface area contributed by atoms with Gasteiger partial charge in [-0.2, -0.15) is 0 Å². The van der Waals surface area contributed by atoms with Gasteiger partial charge in [0, 0.05) is 5.39 Å². The van der Waals surface area contributed by atoms with Crippen LogP contribution in [-0.2, 0) is 0 Å². The van der Waals surface area contributed by atoms with E-state index in [0.717, 1.165) is 0 Å². The molecule has 0 amide bonds. The van der Waals surface area contributed by atoms with Gasteiger partial charge >= 0.3 is 0 Å². The van der Waals surface area contributed by atoms with Gasteiger partial charge in [-0.1, -0.05) is 0 Å². The second-order valence-electron chi connectivity index (χ2n) is 3.36. The highest BCUT2D eigenvalue weighted by atomic mass is 19.2. The molecule has 0 aromatic heterocycles. The molecule has 2 radical (unpaired) electrons. The summed E-state index contributed by atoms with van der Waals surface area (Å²) in [5, 5.41) is -2.97. The zero-order valence-electron chi connectivity index (χ0n) is 8.22. The van der Waals surface area contributed by atoms with E-state index in [4.69, 9.17) is 7.85 Å². The lowest BCUT2D eigenvalue weighted by Gasteiger charge is -2.10. The molecule has 18 heavy (non-hydrogen) atoms. The van der Waals surface area contributed by atoms with E-state index in [-0.39, 0.29) is 0 Å². The van der Waals surface area contributed by atoms with Crippen LogP contribution in [0.4, 0.5) is 30.7 Å². The van der Waals surface area contributed by atoms with Gasteiger partial charge < -0.3 is 0 Å². The Labute approximate surface area is 96.4 Å². The minimum absolute atomic E-state index is 1.35. The molecule has 2 aromatic rings. The molecule has 0 spiro atoms. The molecule has 92 valence electrons. The van der Waals surface area contributed by atoms with Crippen molar-refractivity contribution in [1.82, 2.24) is 0 Å². The number of hydrogen-bond donors (Lipinski definition) is 0. The van der Waals surface area contributed by atoms with E-state index in [1.54, 1.807) is 0 Å². The Balaban J connectivity index is 3.22. The van der Waals surface area contributed by atoms with Crippen molar-refractivity contribution in [3.05, 3.63) is 40.7 Å². The van der Waals surface area contributed by atoms with E-state index in [2.05, 4.69) is 0 Å². The first-order chi connectivity index (χ1) is 8.29. The van der Waals surface area contributed by atoms with Crippen LogP contribution in [0.15, 0.2) is 0 Å². The van der Waals surface area contributed by atoms with Crippen molar-refractivity contribution in [2.24, 2.45) is 0 Å². The standard InChI is InChI=1S/C10BF7/c11-3-1-2(5(13)8(16)7(3)15)6(14)10(18)9(17)4(1)12. The summed E-state index contributed by atoms with van der Waals surface area (Å²) >= 11 is 0. The lowest BCUT2D eigenvalue weighted by Crippen LogP contribution is -2.18. The summed E-state index contributed by atoms with van der Waals surface area (Å²) in [4.78, 5) is 0. The van der Waals surface area contributed by atoms with Crippen LogP contribution in [0.2, 0.25) is 0 Å². The molecule has 0 aliphatic rings. The average molecular weight is 264 g/mol. The Morgan fingerprint density at radius 3 is 1.22 bits per heavy atom. The maximum Gasteiger partial charge on any atom is 0.198 e. The Kier molecular flexibility index (Phi) is 2.75. The van der Waals surface area contributed by atoms with E-state index in [1.807, 2.05) is 0 Å². The monoisotopic (exact) mass is 264 g/mol. The topological polar surface area (TPSA) is 0 Å². The molecular weight excluding hydrogens is 264 g/mol. The van der Waals surface area contributed by atoms with Gasteiger partial charge in [-0.25, -0.2) is 30.7 Å². The highest BCUT2D eigenvalue weighted by Crippen LogP contribution is 2.29. The number of hydrogen-bond acceptors (Lipinski definition) is 0. The Bertz CT molecular complexity index is 567. The van der Waals surface area contributed by atoms with Crippen LogP contribution in [0, 0.1) is 40.7 Å². The fourth-order valence-corrected chi connectivity index (χ4v) is 1.52. The molecule has 0 nitrogen and oxygen atoms in total. The van der Waals surface area contributed by atoms with Crippen molar-refractivity contribution in [2.75, 3.05) is 0 Å². The van der Waals surface area contributed by atoms with Gasteiger partial charge in [0.25, 0.3) is 0 Å². The van der Waals surface area contributed by atoms with Crippen LogP contribution in [0.5, 0.6) is 0 Å². The van der Waals surface area contributed by atoms with E-state index in [0.29, 0.717) is 0 Å². The van der Waals surface area contributed by atoms with Crippen LogP contribution in [0.3, 0.4) is 0 Å². The lowest BCUT2D eigenvalue weighted by atomic mass is 9.88. The van der Waals surface area contributed by atoms with E-state index in [9.17, 15) is 30.7 Å². The maximum atomic E-state index is 13.3. The second-order valence-corrected chi connectivity index (χ2v) is 3.36. The van der Waals surface area contributed by atoms with Gasteiger partial charge in [-0.05, 0) is 5.46 Å². The number of halogens is 7. The van der Waals surface area contributed by atoms with E-state index < -0.39 is 57.0 Å². The summed E-state index contributed by atoms with van der Waals surface area (Å²) in [5.41, 5.74) is -1.35.